The van der Waals surface area contributed by atoms with Gasteiger partial charge in [0.15, 0.2) is 0 Å². The van der Waals surface area contributed by atoms with E-state index < -0.39 is 15.5 Å². The zero-order chi connectivity index (χ0) is 19.2. The molecule has 3 aromatic rings. The van der Waals surface area contributed by atoms with Crippen LogP contribution < -0.4 is 4.74 Å². The Bertz CT molecular complexity index is 996. The molecule has 0 fully saturated rings. The highest BCUT2D eigenvalue weighted by Gasteiger charge is 2.25. The number of aryl methyl sites for hydroxylation is 2. The number of fused-ring (bicyclic) bond motifs is 1. The van der Waals surface area contributed by atoms with Gasteiger partial charge in [-0.15, -0.1) is 0 Å². The van der Waals surface area contributed by atoms with E-state index in [0.717, 1.165) is 11.3 Å². The SMILES string of the molecule is COc1cc2ncc(-c3cc(C)c(F)c(C)c3)n2cc1S(=O)C(C)(C)C. The van der Waals surface area contributed by atoms with Crippen LogP contribution in [0.4, 0.5) is 4.39 Å². The van der Waals surface area contributed by atoms with Crippen molar-refractivity contribution in [2.24, 2.45) is 0 Å². The summed E-state index contributed by atoms with van der Waals surface area (Å²) in [6.45, 7) is 9.27. The van der Waals surface area contributed by atoms with Gasteiger partial charge in [0, 0.05) is 22.6 Å². The quantitative estimate of drug-likeness (QED) is 0.669. The molecule has 0 N–H and O–H groups in total. The van der Waals surface area contributed by atoms with E-state index in [1.807, 2.05) is 31.4 Å². The third-order valence-electron chi connectivity index (χ3n) is 4.28. The first-order chi connectivity index (χ1) is 12.1. The van der Waals surface area contributed by atoms with Crippen LogP contribution in [0, 0.1) is 19.7 Å². The molecule has 0 aliphatic carbocycles. The number of rotatable bonds is 3. The van der Waals surface area contributed by atoms with Gasteiger partial charge in [-0.1, -0.05) is 0 Å². The number of hydrogen-bond donors (Lipinski definition) is 0. The molecular formula is C20H23FN2O2S. The maximum Gasteiger partial charge on any atom is 0.140 e. The van der Waals surface area contributed by atoms with Gasteiger partial charge in [-0.3, -0.25) is 8.61 Å². The van der Waals surface area contributed by atoms with E-state index in [9.17, 15) is 8.60 Å². The van der Waals surface area contributed by atoms with E-state index in [1.54, 1.807) is 45.4 Å². The maximum absolute atomic E-state index is 14.0. The molecule has 2 heterocycles. The number of ether oxygens (including phenoxy) is 1. The highest BCUT2D eigenvalue weighted by atomic mass is 32.2. The van der Waals surface area contributed by atoms with Crippen molar-refractivity contribution in [3.05, 3.63) is 47.5 Å². The highest BCUT2D eigenvalue weighted by molar-refractivity contribution is 7.86. The Labute approximate surface area is 155 Å². The average Bonchev–Trinajstić information content (AvgIpc) is 2.99. The fourth-order valence-corrected chi connectivity index (χ4v) is 4.11. The third-order valence-corrected chi connectivity index (χ3v) is 6.10. The third kappa shape index (κ3) is 3.14. The van der Waals surface area contributed by atoms with E-state index >= 15 is 0 Å². The number of aromatic nitrogens is 2. The largest absolute Gasteiger partial charge is 0.495 e. The maximum atomic E-state index is 14.0. The molecule has 0 saturated heterocycles. The van der Waals surface area contributed by atoms with Gasteiger partial charge in [-0.25, -0.2) is 9.37 Å². The summed E-state index contributed by atoms with van der Waals surface area (Å²) in [5.74, 6) is 0.355. The number of halogens is 1. The van der Waals surface area contributed by atoms with E-state index in [1.165, 1.54) is 0 Å². The summed E-state index contributed by atoms with van der Waals surface area (Å²) in [5.41, 5.74) is 3.54. The Morgan fingerprint density at radius 2 is 1.77 bits per heavy atom. The lowest BCUT2D eigenvalue weighted by Crippen LogP contribution is -2.22. The summed E-state index contributed by atoms with van der Waals surface area (Å²) in [6, 6.07) is 5.39. The second kappa shape index (κ2) is 6.50. The second-order valence-corrected chi connectivity index (χ2v) is 9.58. The molecule has 0 spiro atoms. The number of hydrogen-bond acceptors (Lipinski definition) is 3. The van der Waals surface area contributed by atoms with Crippen LogP contribution in [0.15, 0.2) is 35.5 Å². The molecule has 1 aromatic carbocycles. The van der Waals surface area contributed by atoms with Gasteiger partial charge < -0.3 is 4.74 Å². The van der Waals surface area contributed by atoms with E-state index in [0.29, 0.717) is 27.4 Å². The zero-order valence-corrected chi connectivity index (χ0v) is 16.7. The summed E-state index contributed by atoms with van der Waals surface area (Å²) < 4.78 is 33.8. The number of nitrogens with zero attached hydrogens (tertiary/aromatic N) is 2. The van der Waals surface area contributed by atoms with E-state index in [4.69, 9.17) is 4.74 Å². The van der Waals surface area contributed by atoms with Crippen molar-refractivity contribution in [2.45, 2.75) is 44.3 Å². The fraction of sp³-hybridized carbons (Fsp3) is 0.350. The van der Waals surface area contributed by atoms with Crippen LogP contribution in [-0.2, 0) is 10.8 Å². The van der Waals surface area contributed by atoms with Crippen molar-refractivity contribution >= 4 is 16.4 Å². The summed E-state index contributed by atoms with van der Waals surface area (Å²) >= 11 is 0. The van der Waals surface area contributed by atoms with Gasteiger partial charge in [0.1, 0.15) is 17.2 Å². The van der Waals surface area contributed by atoms with Gasteiger partial charge in [0.25, 0.3) is 0 Å². The minimum atomic E-state index is -1.26. The summed E-state index contributed by atoms with van der Waals surface area (Å²) in [4.78, 5) is 5.05. The Kier molecular flexibility index (Phi) is 4.65. The van der Waals surface area contributed by atoms with Gasteiger partial charge in [0.2, 0.25) is 0 Å². The van der Waals surface area contributed by atoms with Crippen molar-refractivity contribution in [2.75, 3.05) is 7.11 Å². The molecule has 1 unspecified atom stereocenters. The van der Waals surface area contributed by atoms with Gasteiger partial charge >= 0.3 is 0 Å². The molecule has 0 aliphatic heterocycles. The molecule has 138 valence electrons. The average molecular weight is 374 g/mol. The standard InChI is InChI=1S/C20H23FN2O2S/c1-12-7-14(8-13(2)19(12)21)15-10-22-18-9-16(25-6)17(11-23(15)18)26(24)20(3,4)5/h7-11H,1-6H3. The summed E-state index contributed by atoms with van der Waals surface area (Å²) in [6.07, 6.45) is 3.55. The Morgan fingerprint density at radius 1 is 1.15 bits per heavy atom. The van der Waals surface area contributed by atoms with Gasteiger partial charge in [-0.2, -0.15) is 0 Å². The van der Waals surface area contributed by atoms with Crippen LogP contribution in [0.2, 0.25) is 0 Å². The Balaban J connectivity index is 2.25. The topological polar surface area (TPSA) is 43.6 Å². The van der Waals surface area contributed by atoms with Crippen molar-refractivity contribution in [3.63, 3.8) is 0 Å². The molecule has 0 amide bonds. The smallest absolute Gasteiger partial charge is 0.140 e. The molecule has 2 aromatic heterocycles. The first kappa shape index (κ1) is 18.6. The van der Waals surface area contributed by atoms with Crippen molar-refractivity contribution < 1.29 is 13.3 Å². The van der Waals surface area contributed by atoms with Crippen LogP contribution in [0.3, 0.4) is 0 Å². The van der Waals surface area contributed by atoms with Crippen LogP contribution in [-0.4, -0.2) is 25.5 Å². The monoisotopic (exact) mass is 374 g/mol. The Morgan fingerprint density at radius 3 is 2.31 bits per heavy atom. The predicted octanol–water partition coefficient (Wildman–Crippen LogP) is 4.67. The molecule has 4 nitrogen and oxygen atoms in total. The van der Waals surface area contributed by atoms with Crippen LogP contribution in [0.25, 0.3) is 16.9 Å². The lowest BCUT2D eigenvalue weighted by molar-refractivity contribution is 0.403. The van der Waals surface area contributed by atoms with Gasteiger partial charge in [0.05, 0.1) is 34.7 Å². The fourth-order valence-electron chi connectivity index (χ4n) is 2.92. The molecular weight excluding hydrogens is 351 g/mol. The minimum absolute atomic E-state index is 0.196. The lowest BCUT2D eigenvalue weighted by atomic mass is 10.0. The number of methoxy groups -OCH3 is 1. The first-order valence-electron chi connectivity index (χ1n) is 8.37. The van der Waals surface area contributed by atoms with E-state index in [-0.39, 0.29) is 5.82 Å². The van der Waals surface area contributed by atoms with Crippen LogP contribution >= 0.6 is 0 Å². The normalized spacial score (nSPS) is 13.2. The molecule has 0 bridgehead atoms. The number of pyridine rings is 1. The van der Waals surface area contributed by atoms with Crippen LogP contribution in [0.1, 0.15) is 31.9 Å². The van der Waals surface area contributed by atoms with Crippen molar-refractivity contribution in [3.8, 4) is 17.0 Å². The zero-order valence-electron chi connectivity index (χ0n) is 15.9. The lowest BCUT2D eigenvalue weighted by Gasteiger charge is -2.20. The molecule has 0 aliphatic rings. The Hall–Kier alpha value is -2.21. The molecule has 0 saturated carbocycles. The highest BCUT2D eigenvalue weighted by Crippen LogP contribution is 2.32. The van der Waals surface area contributed by atoms with Crippen molar-refractivity contribution in [1.29, 1.82) is 0 Å². The molecule has 3 rings (SSSR count). The summed E-state index contributed by atoms with van der Waals surface area (Å²) in [5, 5.41) is 0. The summed E-state index contributed by atoms with van der Waals surface area (Å²) in [7, 11) is 0.298. The number of imidazole rings is 1. The predicted molar refractivity (Wildman–Crippen MR) is 103 cm³/mol. The second-order valence-electron chi connectivity index (χ2n) is 7.38. The molecule has 26 heavy (non-hydrogen) atoms. The molecule has 0 radical (unpaired) electrons. The van der Waals surface area contributed by atoms with Gasteiger partial charge in [-0.05, 0) is 57.9 Å². The molecule has 6 heteroatoms. The van der Waals surface area contributed by atoms with Crippen molar-refractivity contribution in [1.82, 2.24) is 9.38 Å². The first-order valence-corrected chi connectivity index (χ1v) is 9.52. The molecule has 1 atom stereocenters. The number of benzene rings is 1. The van der Waals surface area contributed by atoms with Crippen LogP contribution in [0.5, 0.6) is 5.75 Å². The minimum Gasteiger partial charge on any atom is -0.495 e. The van der Waals surface area contributed by atoms with E-state index in [2.05, 4.69) is 4.98 Å².